The number of nitrogens with one attached hydrogen (secondary N) is 1. The monoisotopic (exact) mass is 260 g/mol. The molecule has 5 nitrogen and oxygen atoms in total. The van der Waals surface area contributed by atoms with Crippen LogP contribution in [0.15, 0.2) is 30.6 Å². The van der Waals surface area contributed by atoms with Crippen molar-refractivity contribution in [2.75, 3.05) is 7.11 Å². The molecule has 0 aliphatic heterocycles. The first-order valence-electron chi connectivity index (χ1n) is 5.99. The Morgan fingerprint density at radius 3 is 2.68 bits per heavy atom. The number of nitrogens with zero attached hydrogens (tertiary/aromatic N) is 1. The molecule has 1 atom stereocenters. The van der Waals surface area contributed by atoms with Crippen molar-refractivity contribution in [3.8, 4) is 5.75 Å². The van der Waals surface area contributed by atoms with E-state index in [0.29, 0.717) is 5.56 Å². The highest BCUT2D eigenvalue weighted by molar-refractivity contribution is 6.06. The predicted molar refractivity (Wildman–Crippen MR) is 71.6 cm³/mol. The van der Waals surface area contributed by atoms with Crippen molar-refractivity contribution in [1.82, 2.24) is 9.72 Å². The highest BCUT2D eigenvalue weighted by atomic mass is 16.5. The summed E-state index contributed by atoms with van der Waals surface area (Å²) in [6, 6.07) is 4.84. The van der Waals surface area contributed by atoms with Crippen LogP contribution in [-0.4, -0.2) is 29.2 Å². The Labute approximate surface area is 111 Å². The van der Waals surface area contributed by atoms with Crippen LogP contribution in [0.25, 0.3) is 5.52 Å². The number of pyridine rings is 1. The average molecular weight is 260 g/mol. The summed E-state index contributed by atoms with van der Waals surface area (Å²) in [6.45, 7) is 3.07. The Morgan fingerprint density at radius 1 is 1.32 bits per heavy atom. The molecule has 2 aromatic rings. The molecule has 1 unspecified atom stereocenters. The van der Waals surface area contributed by atoms with Crippen molar-refractivity contribution < 1.29 is 14.3 Å². The highest BCUT2D eigenvalue weighted by Gasteiger charge is 2.19. The summed E-state index contributed by atoms with van der Waals surface area (Å²) in [5, 5.41) is 2.60. The van der Waals surface area contributed by atoms with Crippen LogP contribution in [0, 0.1) is 0 Å². The third-order valence-corrected chi connectivity index (χ3v) is 2.94. The lowest BCUT2D eigenvalue weighted by molar-refractivity contribution is -0.119. The third-order valence-electron chi connectivity index (χ3n) is 2.94. The maximum Gasteiger partial charge on any atom is 0.217 e. The van der Waals surface area contributed by atoms with E-state index < -0.39 is 6.04 Å². The fraction of sp³-hybridized carbons (Fsp3) is 0.286. The Hall–Kier alpha value is -2.30. The van der Waals surface area contributed by atoms with Gasteiger partial charge in [-0.2, -0.15) is 0 Å². The molecule has 0 fully saturated rings. The first-order valence-corrected chi connectivity index (χ1v) is 5.99. The first-order chi connectivity index (χ1) is 9.02. The van der Waals surface area contributed by atoms with Crippen molar-refractivity contribution in [3.05, 3.63) is 36.2 Å². The van der Waals surface area contributed by atoms with E-state index in [0.717, 1.165) is 11.3 Å². The number of ether oxygens (including phenoxy) is 1. The smallest absolute Gasteiger partial charge is 0.217 e. The zero-order chi connectivity index (χ0) is 14.0. The fourth-order valence-corrected chi connectivity index (χ4v) is 2.02. The van der Waals surface area contributed by atoms with E-state index >= 15 is 0 Å². The minimum absolute atomic E-state index is 0.108. The summed E-state index contributed by atoms with van der Waals surface area (Å²) >= 11 is 0. The number of hydrogen-bond acceptors (Lipinski definition) is 3. The lowest BCUT2D eigenvalue weighted by Gasteiger charge is -2.10. The average Bonchev–Trinajstić information content (AvgIpc) is 2.79. The summed E-state index contributed by atoms with van der Waals surface area (Å²) in [5.41, 5.74) is 1.38. The molecule has 0 saturated carbocycles. The van der Waals surface area contributed by atoms with Gasteiger partial charge in [0.15, 0.2) is 5.78 Å². The second kappa shape index (κ2) is 5.14. The van der Waals surface area contributed by atoms with Crippen LogP contribution in [-0.2, 0) is 4.79 Å². The number of rotatable bonds is 4. The van der Waals surface area contributed by atoms with Gasteiger partial charge in [-0.15, -0.1) is 0 Å². The highest BCUT2D eigenvalue weighted by Crippen LogP contribution is 2.19. The number of Topliss-reactive ketones (excluding diaryl/α,β-unsaturated/α-hetero) is 1. The van der Waals surface area contributed by atoms with Crippen LogP contribution in [0.4, 0.5) is 0 Å². The number of methoxy groups -OCH3 is 1. The first kappa shape index (κ1) is 13.1. The Balaban J connectivity index is 2.35. The molecule has 2 aromatic heterocycles. The topological polar surface area (TPSA) is 59.8 Å². The van der Waals surface area contributed by atoms with Crippen LogP contribution in [0.2, 0.25) is 0 Å². The maximum absolute atomic E-state index is 12.3. The predicted octanol–water partition coefficient (Wildman–Crippen LogP) is 1.66. The minimum atomic E-state index is -0.536. The zero-order valence-electron chi connectivity index (χ0n) is 11.1. The van der Waals surface area contributed by atoms with Gasteiger partial charge >= 0.3 is 0 Å². The summed E-state index contributed by atoms with van der Waals surface area (Å²) < 4.78 is 6.96. The minimum Gasteiger partial charge on any atom is -0.495 e. The van der Waals surface area contributed by atoms with Gasteiger partial charge in [0.25, 0.3) is 0 Å². The van der Waals surface area contributed by atoms with Gasteiger partial charge in [-0.05, 0) is 25.1 Å². The quantitative estimate of drug-likeness (QED) is 0.850. The molecule has 1 N–H and O–H groups in total. The SMILES string of the molecule is COc1ccc2c(C(=O)C(C)NC(C)=O)ccn2c1. The Bertz CT molecular complexity index is 631. The standard InChI is InChI=1S/C14H16N2O3/c1-9(15-10(2)17)14(18)12-6-7-16-8-11(19-3)4-5-13(12)16/h4-9H,1-3H3,(H,15,17). The second-order valence-corrected chi connectivity index (χ2v) is 4.38. The molecule has 0 spiro atoms. The van der Waals surface area contributed by atoms with Gasteiger partial charge in [0.1, 0.15) is 5.75 Å². The van der Waals surface area contributed by atoms with Crippen LogP contribution in [0.5, 0.6) is 5.75 Å². The molecular weight excluding hydrogens is 244 g/mol. The van der Waals surface area contributed by atoms with Crippen LogP contribution in [0.1, 0.15) is 24.2 Å². The molecule has 19 heavy (non-hydrogen) atoms. The summed E-state index contributed by atoms with van der Waals surface area (Å²) in [5.74, 6) is 0.394. The lowest BCUT2D eigenvalue weighted by atomic mass is 10.1. The number of hydrogen-bond donors (Lipinski definition) is 1. The fourth-order valence-electron chi connectivity index (χ4n) is 2.02. The van der Waals surface area contributed by atoms with Gasteiger partial charge in [0, 0.05) is 18.7 Å². The molecule has 100 valence electrons. The number of carbonyl (C=O) groups is 2. The van der Waals surface area contributed by atoms with E-state index in [9.17, 15) is 9.59 Å². The number of aromatic nitrogens is 1. The van der Waals surface area contributed by atoms with Gasteiger partial charge in [0.2, 0.25) is 5.91 Å². The third kappa shape index (κ3) is 2.59. The maximum atomic E-state index is 12.3. The number of fused-ring (bicyclic) bond motifs is 1. The largest absolute Gasteiger partial charge is 0.495 e. The zero-order valence-corrected chi connectivity index (χ0v) is 11.1. The summed E-state index contributed by atoms with van der Waals surface area (Å²) in [4.78, 5) is 23.2. The Morgan fingerprint density at radius 2 is 2.05 bits per heavy atom. The van der Waals surface area contributed by atoms with E-state index in [1.807, 2.05) is 10.5 Å². The normalized spacial score (nSPS) is 12.2. The second-order valence-electron chi connectivity index (χ2n) is 4.38. The number of carbonyl (C=O) groups excluding carboxylic acids is 2. The molecule has 5 heteroatoms. The van der Waals surface area contributed by atoms with E-state index in [2.05, 4.69) is 5.32 Å². The molecule has 2 heterocycles. The van der Waals surface area contributed by atoms with Gasteiger partial charge in [-0.25, -0.2) is 0 Å². The van der Waals surface area contributed by atoms with Crippen LogP contribution >= 0.6 is 0 Å². The van der Waals surface area contributed by atoms with Gasteiger partial charge in [-0.1, -0.05) is 0 Å². The molecule has 0 radical (unpaired) electrons. The van der Waals surface area contributed by atoms with Crippen LogP contribution < -0.4 is 10.1 Å². The van der Waals surface area contributed by atoms with Gasteiger partial charge in [0.05, 0.1) is 24.9 Å². The summed E-state index contributed by atoms with van der Waals surface area (Å²) in [7, 11) is 1.59. The molecule has 0 aliphatic rings. The van der Waals surface area contributed by atoms with Crippen molar-refractivity contribution in [3.63, 3.8) is 0 Å². The van der Waals surface area contributed by atoms with Gasteiger partial charge in [-0.3, -0.25) is 9.59 Å². The Kier molecular flexibility index (Phi) is 3.55. The van der Waals surface area contributed by atoms with E-state index in [1.165, 1.54) is 6.92 Å². The molecule has 2 rings (SSSR count). The van der Waals surface area contributed by atoms with Crippen molar-refractivity contribution in [2.24, 2.45) is 0 Å². The van der Waals surface area contributed by atoms with Crippen LogP contribution in [0.3, 0.4) is 0 Å². The molecule has 0 aromatic carbocycles. The van der Waals surface area contributed by atoms with Crippen molar-refractivity contribution in [2.45, 2.75) is 19.9 Å². The molecule has 1 amide bonds. The van der Waals surface area contributed by atoms with E-state index in [4.69, 9.17) is 4.74 Å². The molecule has 0 bridgehead atoms. The van der Waals surface area contributed by atoms with Crippen molar-refractivity contribution in [1.29, 1.82) is 0 Å². The molecule has 0 aliphatic carbocycles. The number of ketones is 1. The van der Waals surface area contributed by atoms with Gasteiger partial charge < -0.3 is 14.5 Å². The van der Waals surface area contributed by atoms with E-state index in [-0.39, 0.29) is 11.7 Å². The number of amides is 1. The van der Waals surface area contributed by atoms with Crippen molar-refractivity contribution >= 4 is 17.2 Å². The molecular formula is C14H16N2O3. The lowest BCUT2D eigenvalue weighted by Crippen LogP contribution is -2.37. The molecule has 0 saturated heterocycles. The summed E-state index contributed by atoms with van der Waals surface area (Å²) in [6.07, 6.45) is 3.60. The van der Waals surface area contributed by atoms with E-state index in [1.54, 1.807) is 38.6 Å².